The minimum Gasteiger partial charge on any atom is -0.478 e. The Morgan fingerprint density at radius 1 is 0.935 bits per heavy atom. The van der Waals surface area contributed by atoms with Gasteiger partial charge in [0.15, 0.2) is 0 Å². The summed E-state index contributed by atoms with van der Waals surface area (Å²) in [6, 6.07) is 9.91. The Balaban J connectivity index is 1.97. The summed E-state index contributed by atoms with van der Waals surface area (Å²) in [5.41, 5.74) is 4.56. The van der Waals surface area contributed by atoms with Crippen LogP contribution in [0.5, 0.6) is 0 Å². The molecule has 0 unspecified atom stereocenters. The van der Waals surface area contributed by atoms with Crippen LogP contribution in [0.15, 0.2) is 36.5 Å². The fourth-order valence-corrected chi connectivity index (χ4v) is 4.03. The molecule has 0 spiro atoms. The molecule has 1 aromatic heterocycles. The van der Waals surface area contributed by atoms with E-state index in [0.29, 0.717) is 5.56 Å². The van der Waals surface area contributed by atoms with Gasteiger partial charge in [-0.2, -0.15) is 0 Å². The van der Waals surface area contributed by atoms with Crippen molar-refractivity contribution in [3.05, 3.63) is 53.2 Å². The zero-order chi connectivity index (χ0) is 22.5. The number of unbranched alkanes of at least 4 members (excludes halogenated alkanes) is 6. The molecule has 0 aliphatic rings. The molecular weight excluding hydrogens is 382 g/mol. The molecule has 0 aliphatic carbocycles. The molecule has 3 heteroatoms. The molecule has 0 fully saturated rings. The maximum atomic E-state index is 11.7. The van der Waals surface area contributed by atoms with Gasteiger partial charge in [0, 0.05) is 11.8 Å². The number of carbonyl (C=O) groups is 1. The first kappa shape index (κ1) is 25.1. The second kappa shape index (κ2) is 14.0. The number of carboxylic acids is 1. The normalized spacial score (nSPS) is 12.1. The topological polar surface area (TPSA) is 50.2 Å². The van der Waals surface area contributed by atoms with Gasteiger partial charge in [0.25, 0.3) is 0 Å². The van der Waals surface area contributed by atoms with Gasteiger partial charge in [-0.1, -0.05) is 84.3 Å². The van der Waals surface area contributed by atoms with Crippen LogP contribution in [-0.4, -0.2) is 16.1 Å². The van der Waals surface area contributed by atoms with Crippen molar-refractivity contribution in [1.29, 1.82) is 0 Å². The minimum atomic E-state index is -0.840. The molecule has 1 heterocycles. The molecule has 3 nitrogen and oxygen atoms in total. The van der Waals surface area contributed by atoms with Crippen molar-refractivity contribution in [3.8, 4) is 11.3 Å². The Bertz CT molecular complexity index is 782. The van der Waals surface area contributed by atoms with Crippen LogP contribution < -0.4 is 0 Å². The standard InChI is InChI=1S/C28H41NO2/c1-4-6-7-8-11-14-23-16-19-27(29-21-23)25-17-18-26(28(30)31)24(20-25)15-12-9-10-13-22(3)5-2/h16-22H,4-15H2,1-3H3,(H,30,31)/t22-/m0/s1. The molecule has 2 rings (SSSR count). The van der Waals surface area contributed by atoms with Crippen molar-refractivity contribution < 1.29 is 9.90 Å². The highest BCUT2D eigenvalue weighted by Gasteiger charge is 2.12. The average Bonchev–Trinajstić information content (AvgIpc) is 2.78. The van der Waals surface area contributed by atoms with Crippen LogP contribution in [0, 0.1) is 5.92 Å². The first-order valence-electron chi connectivity index (χ1n) is 12.4. The highest BCUT2D eigenvalue weighted by molar-refractivity contribution is 5.90. The monoisotopic (exact) mass is 423 g/mol. The molecule has 31 heavy (non-hydrogen) atoms. The summed E-state index contributed by atoms with van der Waals surface area (Å²) < 4.78 is 0. The lowest BCUT2D eigenvalue weighted by molar-refractivity contribution is 0.0695. The number of aryl methyl sites for hydroxylation is 2. The summed E-state index contributed by atoms with van der Waals surface area (Å²) in [6.45, 7) is 6.78. The lowest BCUT2D eigenvalue weighted by Crippen LogP contribution is -2.03. The number of rotatable bonds is 15. The smallest absolute Gasteiger partial charge is 0.335 e. The number of pyridine rings is 1. The van der Waals surface area contributed by atoms with Gasteiger partial charge in [0.05, 0.1) is 11.3 Å². The molecule has 170 valence electrons. The van der Waals surface area contributed by atoms with Crippen LogP contribution in [0.2, 0.25) is 0 Å². The second-order valence-corrected chi connectivity index (χ2v) is 9.01. The van der Waals surface area contributed by atoms with E-state index in [9.17, 15) is 9.90 Å². The minimum absolute atomic E-state index is 0.425. The molecule has 0 radical (unpaired) electrons. The maximum absolute atomic E-state index is 11.7. The van der Waals surface area contributed by atoms with E-state index in [1.54, 1.807) is 6.07 Å². The molecule has 0 bridgehead atoms. The Kier molecular flexibility index (Phi) is 11.3. The Labute approximate surface area is 189 Å². The fourth-order valence-electron chi connectivity index (χ4n) is 4.03. The van der Waals surface area contributed by atoms with Crippen molar-refractivity contribution in [2.75, 3.05) is 0 Å². The molecule has 1 atom stereocenters. The van der Waals surface area contributed by atoms with Crippen LogP contribution in [-0.2, 0) is 12.8 Å². The van der Waals surface area contributed by atoms with Gasteiger partial charge in [-0.25, -0.2) is 4.79 Å². The summed E-state index contributed by atoms with van der Waals surface area (Å²) >= 11 is 0. The van der Waals surface area contributed by atoms with Crippen LogP contribution in [0.3, 0.4) is 0 Å². The van der Waals surface area contributed by atoms with Crippen LogP contribution in [0.4, 0.5) is 0 Å². The van der Waals surface area contributed by atoms with Crippen molar-refractivity contribution in [1.82, 2.24) is 4.98 Å². The third-order valence-corrected chi connectivity index (χ3v) is 6.37. The Hall–Kier alpha value is -2.16. The van der Waals surface area contributed by atoms with E-state index in [0.717, 1.165) is 48.4 Å². The van der Waals surface area contributed by atoms with E-state index in [2.05, 4.69) is 37.9 Å². The van der Waals surface area contributed by atoms with Crippen LogP contribution in [0.25, 0.3) is 11.3 Å². The van der Waals surface area contributed by atoms with Crippen molar-refractivity contribution in [2.24, 2.45) is 5.92 Å². The molecule has 2 aromatic rings. The molecule has 0 saturated carbocycles. The predicted octanol–water partition coefficient (Wildman–Crippen LogP) is 8.11. The molecule has 0 aliphatic heterocycles. The molecule has 0 saturated heterocycles. The van der Waals surface area contributed by atoms with E-state index < -0.39 is 5.97 Å². The fraction of sp³-hybridized carbons (Fsp3) is 0.571. The highest BCUT2D eigenvalue weighted by atomic mass is 16.4. The first-order valence-corrected chi connectivity index (χ1v) is 12.4. The number of carboxylic acid groups (broad SMARTS) is 1. The highest BCUT2D eigenvalue weighted by Crippen LogP contribution is 2.24. The van der Waals surface area contributed by atoms with Crippen molar-refractivity contribution >= 4 is 5.97 Å². The maximum Gasteiger partial charge on any atom is 0.335 e. The quantitative estimate of drug-likeness (QED) is 0.294. The van der Waals surface area contributed by atoms with Gasteiger partial charge in [-0.15, -0.1) is 0 Å². The first-order chi connectivity index (χ1) is 15.0. The molecular formula is C28H41NO2. The zero-order valence-corrected chi connectivity index (χ0v) is 19.8. The van der Waals surface area contributed by atoms with E-state index in [1.165, 1.54) is 56.9 Å². The summed E-state index contributed by atoms with van der Waals surface area (Å²) in [6.07, 6.45) is 16.2. The SMILES string of the molecule is CCCCCCCc1ccc(-c2ccc(C(=O)O)c(CCCCC[C@@H](C)CC)c2)nc1. The lowest BCUT2D eigenvalue weighted by atomic mass is 9.95. The van der Waals surface area contributed by atoms with E-state index in [4.69, 9.17) is 0 Å². The Morgan fingerprint density at radius 2 is 1.68 bits per heavy atom. The van der Waals surface area contributed by atoms with Gasteiger partial charge >= 0.3 is 5.97 Å². The average molecular weight is 424 g/mol. The molecule has 1 aromatic carbocycles. The molecule has 0 amide bonds. The number of benzene rings is 1. The third-order valence-electron chi connectivity index (χ3n) is 6.37. The van der Waals surface area contributed by atoms with Crippen LogP contribution in [0.1, 0.15) is 106 Å². The van der Waals surface area contributed by atoms with Gasteiger partial charge in [0.1, 0.15) is 0 Å². The summed E-state index contributed by atoms with van der Waals surface area (Å²) in [5.74, 6) is -0.0594. The largest absolute Gasteiger partial charge is 0.478 e. The van der Waals surface area contributed by atoms with Crippen molar-refractivity contribution in [3.63, 3.8) is 0 Å². The van der Waals surface area contributed by atoms with E-state index >= 15 is 0 Å². The lowest BCUT2D eigenvalue weighted by Gasteiger charge is -2.11. The van der Waals surface area contributed by atoms with Crippen molar-refractivity contribution in [2.45, 2.75) is 97.8 Å². The third kappa shape index (κ3) is 8.85. The van der Waals surface area contributed by atoms with Gasteiger partial charge in [0.2, 0.25) is 0 Å². The summed E-state index contributed by atoms with van der Waals surface area (Å²) in [5, 5.41) is 9.59. The van der Waals surface area contributed by atoms with Gasteiger partial charge in [-0.05, 0) is 60.9 Å². The predicted molar refractivity (Wildman–Crippen MR) is 131 cm³/mol. The number of aromatic carboxylic acids is 1. The zero-order valence-electron chi connectivity index (χ0n) is 19.8. The van der Waals surface area contributed by atoms with Crippen LogP contribution >= 0.6 is 0 Å². The number of nitrogens with zero attached hydrogens (tertiary/aromatic N) is 1. The van der Waals surface area contributed by atoms with Gasteiger partial charge in [-0.3, -0.25) is 4.98 Å². The number of aromatic nitrogens is 1. The summed E-state index contributed by atoms with van der Waals surface area (Å²) in [4.78, 5) is 16.4. The number of hydrogen-bond acceptors (Lipinski definition) is 2. The molecule has 1 N–H and O–H groups in total. The second-order valence-electron chi connectivity index (χ2n) is 9.01. The van der Waals surface area contributed by atoms with E-state index in [-0.39, 0.29) is 0 Å². The van der Waals surface area contributed by atoms with E-state index in [1.807, 2.05) is 18.3 Å². The number of hydrogen-bond donors (Lipinski definition) is 1. The van der Waals surface area contributed by atoms with Gasteiger partial charge < -0.3 is 5.11 Å². The summed E-state index contributed by atoms with van der Waals surface area (Å²) in [7, 11) is 0. The Morgan fingerprint density at radius 3 is 2.35 bits per heavy atom.